The van der Waals surface area contributed by atoms with Gasteiger partial charge in [0.2, 0.25) is 5.91 Å². The highest BCUT2D eigenvalue weighted by Gasteiger charge is 2.25. The lowest BCUT2D eigenvalue weighted by molar-refractivity contribution is -0.121. The van der Waals surface area contributed by atoms with Gasteiger partial charge in [0.1, 0.15) is 5.82 Å². The molecular formula is C23H28FN3O. The number of halogens is 1. The summed E-state index contributed by atoms with van der Waals surface area (Å²) in [5, 5.41) is 2.83. The number of nitrogens with one attached hydrogen (secondary N) is 1. The maximum atomic E-state index is 13.7. The van der Waals surface area contributed by atoms with Crippen LogP contribution in [0.1, 0.15) is 18.1 Å². The first-order chi connectivity index (χ1) is 13.5. The fourth-order valence-corrected chi connectivity index (χ4v) is 3.32. The van der Waals surface area contributed by atoms with E-state index in [9.17, 15) is 9.18 Å². The second kappa shape index (κ2) is 9.62. The molecule has 0 spiro atoms. The van der Waals surface area contributed by atoms with E-state index in [1.165, 1.54) is 11.6 Å². The van der Waals surface area contributed by atoms with Crippen LogP contribution in [0.2, 0.25) is 0 Å². The van der Waals surface area contributed by atoms with E-state index in [2.05, 4.69) is 39.4 Å². The Hall–Kier alpha value is -2.50. The maximum Gasteiger partial charge on any atom is 0.241 e. The van der Waals surface area contributed by atoms with Crippen LogP contribution in [0.15, 0.2) is 54.6 Å². The maximum absolute atomic E-state index is 13.7. The van der Waals surface area contributed by atoms with Crippen molar-refractivity contribution in [3.05, 3.63) is 71.6 Å². The normalized spacial score (nSPS) is 17.0. The van der Waals surface area contributed by atoms with Gasteiger partial charge in [-0.25, -0.2) is 4.39 Å². The molecule has 1 atom stereocenters. The van der Waals surface area contributed by atoms with Gasteiger partial charge >= 0.3 is 0 Å². The summed E-state index contributed by atoms with van der Waals surface area (Å²) in [6.45, 7) is 8.06. The monoisotopic (exact) mass is 381 g/mol. The van der Waals surface area contributed by atoms with Crippen molar-refractivity contribution in [2.45, 2.75) is 19.9 Å². The smallest absolute Gasteiger partial charge is 0.241 e. The summed E-state index contributed by atoms with van der Waals surface area (Å²) in [6.07, 6.45) is 4.33. The minimum absolute atomic E-state index is 0.0966. The summed E-state index contributed by atoms with van der Waals surface area (Å²) in [5.41, 5.74) is 2.28. The second-order valence-electron chi connectivity index (χ2n) is 7.28. The van der Waals surface area contributed by atoms with Crippen molar-refractivity contribution in [1.82, 2.24) is 9.80 Å². The molecule has 0 unspecified atom stereocenters. The molecule has 0 bridgehead atoms. The van der Waals surface area contributed by atoms with Crippen LogP contribution in [0.3, 0.4) is 0 Å². The molecule has 1 saturated heterocycles. The molecule has 1 aliphatic rings. The number of rotatable bonds is 6. The lowest BCUT2D eigenvalue weighted by atomic mass is 10.2. The minimum Gasteiger partial charge on any atom is -0.325 e. The molecule has 1 fully saturated rings. The van der Waals surface area contributed by atoms with E-state index < -0.39 is 0 Å². The summed E-state index contributed by atoms with van der Waals surface area (Å²) in [6, 6.07) is 14.8. The highest BCUT2D eigenvalue weighted by Crippen LogP contribution is 2.15. The number of hydrogen-bond donors (Lipinski definition) is 1. The number of amides is 1. The van der Waals surface area contributed by atoms with E-state index >= 15 is 0 Å². The quantitative estimate of drug-likeness (QED) is 0.827. The first-order valence-electron chi connectivity index (χ1n) is 9.78. The third-order valence-corrected chi connectivity index (χ3v) is 5.25. The fourth-order valence-electron chi connectivity index (χ4n) is 3.32. The van der Waals surface area contributed by atoms with Gasteiger partial charge in [0, 0.05) is 38.4 Å². The number of carbonyl (C=O) groups is 1. The Balaban J connectivity index is 1.45. The highest BCUT2D eigenvalue weighted by molar-refractivity contribution is 5.94. The van der Waals surface area contributed by atoms with Gasteiger partial charge in [0.25, 0.3) is 0 Å². The fraction of sp³-hybridized carbons (Fsp3) is 0.348. The molecule has 0 radical (unpaired) electrons. The number of benzene rings is 2. The molecule has 0 saturated carbocycles. The molecule has 1 heterocycles. The summed E-state index contributed by atoms with van der Waals surface area (Å²) in [4.78, 5) is 17.1. The van der Waals surface area contributed by atoms with E-state index in [1.54, 1.807) is 19.1 Å². The second-order valence-corrected chi connectivity index (χ2v) is 7.28. The lowest BCUT2D eigenvalue weighted by Crippen LogP contribution is -2.52. The van der Waals surface area contributed by atoms with Crippen LogP contribution in [0.4, 0.5) is 10.1 Å². The van der Waals surface area contributed by atoms with Gasteiger partial charge in [-0.2, -0.15) is 0 Å². The zero-order chi connectivity index (χ0) is 19.9. The van der Waals surface area contributed by atoms with E-state index in [-0.39, 0.29) is 17.8 Å². The van der Waals surface area contributed by atoms with Gasteiger partial charge in [-0.05, 0) is 37.1 Å². The predicted molar refractivity (Wildman–Crippen MR) is 113 cm³/mol. The van der Waals surface area contributed by atoms with Crippen molar-refractivity contribution < 1.29 is 9.18 Å². The van der Waals surface area contributed by atoms with Gasteiger partial charge < -0.3 is 5.32 Å². The van der Waals surface area contributed by atoms with E-state index in [0.717, 1.165) is 32.7 Å². The molecule has 1 N–H and O–H groups in total. The van der Waals surface area contributed by atoms with E-state index in [1.807, 2.05) is 25.1 Å². The topological polar surface area (TPSA) is 35.6 Å². The number of piperazine rings is 1. The van der Waals surface area contributed by atoms with Crippen molar-refractivity contribution in [3.63, 3.8) is 0 Å². The molecule has 28 heavy (non-hydrogen) atoms. The van der Waals surface area contributed by atoms with Crippen molar-refractivity contribution in [1.29, 1.82) is 0 Å². The van der Waals surface area contributed by atoms with Gasteiger partial charge in [-0.3, -0.25) is 14.6 Å². The van der Waals surface area contributed by atoms with Crippen molar-refractivity contribution in [3.8, 4) is 0 Å². The van der Waals surface area contributed by atoms with Crippen LogP contribution >= 0.6 is 0 Å². The Kier molecular flexibility index (Phi) is 6.95. The van der Waals surface area contributed by atoms with E-state index in [0.29, 0.717) is 11.3 Å². The third-order valence-electron chi connectivity index (χ3n) is 5.25. The standard InChI is InChI=1S/C23H28FN3O/c1-18-10-11-21(17-22(18)24)25-23(28)19(2)27-15-13-26(14-16-27)12-6-9-20-7-4-3-5-8-20/h3-11,17,19H,12-16H2,1-2H3,(H,25,28)/b9-6+/t19-/m0/s1. The molecular weight excluding hydrogens is 353 g/mol. The summed E-state index contributed by atoms with van der Waals surface area (Å²) in [5.74, 6) is -0.400. The van der Waals surface area contributed by atoms with Crippen LogP contribution in [0, 0.1) is 12.7 Å². The third kappa shape index (κ3) is 5.50. The van der Waals surface area contributed by atoms with Gasteiger partial charge in [0.05, 0.1) is 6.04 Å². The van der Waals surface area contributed by atoms with E-state index in [4.69, 9.17) is 0 Å². The summed E-state index contributed by atoms with van der Waals surface area (Å²) >= 11 is 0. The number of anilines is 1. The molecule has 4 nitrogen and oxygen atoms in total. The Morgan fingerprint density at radius 1 is 1.14 bits per heavy atom. The molecule has 0 aromatic heterocycles. The number of nitrogens with zero attached hydrogens (tertiary/aromatic N) is 2. The van der Waals surface area contributed by atoms with Crippen molar-refractivity contribution in [2.24, 2.45) is 0 Å². The number of hydrogen-bond acceptors (Lipinski definition) is 3. The Bertz CT molecular complexity index is 814. The molecule has 0 aliphatic carbocycles. The van der Waals surface area contributed by atoms with Crippen molar-refractivity contribution in [2.75, 3.05) is 38.0 Å². The van der Waals surface area contributed by atoms with Crippen LogP contribution in [0.25, 0.3) is 6.08 Å². The van der Waals surface area contributed by atoms with Crippen LogP contribution in [-0.2, 0) is 4.79 Å². The Morgan fingerprint density at radius 3 is 2.54 bits per heavy atom. The van der Waals surface area contributed by atoms with Crippen molar-refractivity contribution >= 4 is 17.7 Å². The molecule has 1 aliphatic heterocycles. The lowest BCUT2D eigenvalue weighted by Gasteiger charge is -2.37. The minimum atomic E-state index is -0.303. The zero-order valence-corrected chi connectivity index (χ0v) is 16.6. The Labute approximate surface area is 166 Å². The summed E-state index contributed by atoms with van der Waals surface area (Å²) in [7, 11) is 0. The predicted octanol–water partition coefficient (Wildman–Crippen LogP) is 3.79. The first kappa shape index (κ1) is 20.2. The molecule has 2 aromatic rings. The van der Waals surface area contributed by atoms with Crippen LogP contribution < -0.4 is 5.32 Å². The van der Waals surface area contributed by atoms with Gasteiger partial charge in [0.15, 0.2) is 0 Å². The van der Waals surface area contributed by atoms with Crippen LogP contribution in [-0.4, -0.2) is 54.5 Å². The summed E-state index contributed by atoms with van der Waals surface area (Å²) < 4.78 is 13.7. The molecule has 148 valence electrons. The average Bonchev–Trinajstić information content (AvgIpc) is 2.71. The first-order valence-corrected chi connectivity index (χ1v) is 9.78. The Morgan fingerprint density at radius 2 is 1.86 bits per heavy atom. The largest absolute Gasteiger partial charge is 0.325 e. The SMILES string of the molecule is Cc1ccc(NC(=O)[C@H](C)N2CCN(C/C=C/c3ccccc3)CC2)cc1F. The molecule has 2 aromatic carbocycles. The van der Waals surface area contributed by atoms with Gasteiger partial charge in [-0.1, -0.05) is 48.6 Å². The number of carbonyl (C=O) groups excluding carboxylic acids is 1. The molecule has 5 heteroatoms. The molecule has 3 rings (SSSR count). The highest BCUT2D eigenvalue weighted by atomic mass is 19.1. The van der Waals surface area contributed by atoms with Crippen LogP contribution in [0.5, 0.6) is 0 Å². The van der Waals surface area contributed by atoms with Gasteiger partial charge in [-0.15, -0.1) is 0 Å². The number of aryl methyl sites for hydroxylation is 1. The molecule has 1 amide bonds. The average molecular weight is 381 g/mol. The zero-order valence-electron chi connectivity index (χ0n) is 16.6.